The number of amides is 1. The first-order chi connectivity index (χ1) is 18.5. The first-order valence-electron chi connectivity index (χ1n) is 12.8. The highest BCUT2D eigenvalue weighted by Crippen LogP contribution is 2.38. The number of fused-ring (bicyclic) bond motifs is 1. The third-order valence-electron chi connectivity index (χ3n) is 7.19. The van der Waals surface area contributed by atoms with Gasteiger partial charge in [0, 0.05) is 24.7 Å². The maximum absolute atomic E-state index is 14.4. The molecule has 1 aliphatic rings. The van der Waals surface area contributed by atoms with Crippen molar-refractivity contribution in [2.45, 2.75) is 25.4 Å². The topological polar surface area (TPSA) is 43.8 Å². The van der Waals surface area contributed by atoms with Crippen LogP contribution in [0.4, 0.5) is 4.39 Å². The summed E-state index contributed by atoms with van der Waals surface area (Å²) in [5.41, 5.74) is 4.89. The van der Waals surface area contributed by atoms with Gasteiger partial charge in [-0.05, 0) is 64.9 Å². The van der Waals surface area contributed by atoms with Crippen LogP contribution in [0.2, 0.25) is 5.02 Å². The molecule has 0 radical (unpaired) electrons. The number of nitrogens with zero attached hydrogens (tertiary/aromatic N) is 2. The zero-order valence-corrected chi connectivity index (χ0v) is 21.8. The van der Waals surface area contributed by atoms with Crippen molar-refractivity contribution in [2.24, 2.45) is 0 Å². The first kappa shape index (κ1) is 26.0. The van der Waals surface area contributed by atoms with Crippen molar-refractivity contribution < 1.29 is 14.3 Å². The van der Waals surface area contributed by atoms with Gasteiger partial charge in [-0.2, -0.15) is 0 Å². The molecule has 1 N–H and O–H groups in total. The molecule has 1 aliphatic heterocycles. The van der Waals surface area contributed by atoms with Gasteiger partial charge in [0.2, 0.25) is 5.91 Å². The number of halogens is 2. The van der Waals surface area contributed by atoms with Crippen LogP contribution in [0.1, 0.15) is 33.9 Å². The molecule has 0 fully saturated rings. The molecule has 0 aromatic heterocycles. The lowest BCUT2D eigenvalue weighted by Gasteiger charge is -2.38. The van der Waals surface area contributed by atoms with Crippen LogP contribution in [-0.2, 0) is 24.2 Å². The van der Waals surface area contributed by atoms with Crippen LogP contribution in [-0.4, -0.2) is 40.4 Å². The van der Waals surface area contributed by atoms with E-state index in [1.807, 2.05) is 54.6 Å². The number of rotatable bonds is 8. The van der Waals surface area contributed by atoms with E-state index in [-0.39, 0.29) is 30.1 Å². The molecule has 0 spiro atoms. The summed E-state index contributed by atoms with van der Waals surface area (Å²) in [7, 11) is 0. The second-order valence-electron chi connectivity index (χ2n) is 9.67. The van der Waals surface area contributed by atoms with Crippen LogP contribution < -0.4 is 0 Å². The average Bonchev–Trinajstić information content (AvgIpc) is 2.93. The number of hydrogen-bond acceptors (Lipinski definition) is 3. The average molecular weight is 529 g/mol. The van der Waals surface area contributed by atoms with Gasteiger partial charge < -0.3 is 10.0 Å². The number of phenolic OH excluding ortho intramolecular Hbond substituents is 1. The van der Waals surface area contributed by atoms with Crippen LogP contribution in [0, 0.1) is 5.82 Å². The molecule has 4 aromatic carbocycles. The number of hydrogen-bond donors (Lipinski definition) is 1. The summed E-state index contributed by atoms with van der Waals surface area (Å²) in [5.74, 6) is -0.130. The number of carbonyl (C=O) groups is 1. The lowest BCUT2D eigenvalue weighted by Crippen LogP contribution is -2.45. The summed E-state index contributed by atoms with van der Waals surface area (Å²) in [4.78, 5) is 17.8. The van der Waals surface area contributed by atoms with E-state index in [0.717, 1.165) is 29.7 Å². The number of carbonyl (C=O) groups excluding carboxylic acids is 1. The molecule has 0 aliphatic carbocycles. The Morgan fingerprint density at radius 3 is 2.37 bits per heavy atom. The molecule has 1 amide bonds. The van der Waals surface area contributed by atoms with Crippen LogP contribution in [0.5, 0.6) is 5.75 Å². The van der Waals surface area contributed by atoms with Crippen molar-refractivity contribution in [2.75, 3.05) is 19.6 Å². The minimum absolute atomic E-state index is 0.0363. The third kappa shape index (κ3) is 5.90. The standard InChI is InChI=1S/C32H30ClFN2O2/c33-29-11-5-4-10-28(29)32-27-9-3-1-7-24(27)17-20-36(32)22-31(38)35(21-23-13-15-26(37)16-14-23)19-18-25-8-2-6-12-30(25)34/h1-16,32,37H,17-22H2. The Morgan fingerprint density at radius 2 is 1.61 bits per heavy atom. The molecule has 0 saturated carbocycles. The highest BCUT2D eigenvalue weighted by atomic mass is 35.5. The highest BCUT2D eigenvalue weighted by Gasteiger charge is 2.32. The molecule has 0 bridgehead atoms. The van der Waals surface area contributed by atoms with Gasteiger partial charge in [0.1, 0.15) is 11.6 Å². The molecule has 1 unspecified atom stereocenters. The van der Waals surface area contributed by atoms with E-state index >= 15 is 0 Å². The highest BCUT2D eigenvalue weighted by molar-refractivity contribution is 6.31. The predicted molar refractivity (Wildman–Crippen MR) is 149 cm³/mol. The molecule has 4 aromatic rings. The van der Waals surface area contributed by atoms with E-state index in [1.165, 1.54) is 11.6 Å². The minimum Gasteiger partial charge on any atom is -0.508 e. The van der Waals surface area contributed by atoms with Crippen molar-refractivity contribution in [3.8, 4) is 5.75 Å². The third-order valence-corrected chi connectivity index (χ3v) is 7.54. The van der Waals surface area contributed by atoms with E-state index in [0.29, 0.717) is 30.1 Å². The second-order valence-corrected chi connectivity index (χ2v) is 10.1. The largest absolute Gasteiger partial charge is 0.508 e. The monoisotopic (exact) mass is 528 g/mol. The first-order valence-corrected chi connectivity index (χ1v) is 13.2. The Balaban J connectivity index is 1.41. The van der Waals surface area contributed by atoms with E-state index in [9.17, 15) is 14.3 Å². The van der Waals surface area contributed by atoms with Gasteiger partial charge >= 0.3 is 0 Å². The van der Waals surface area contributed by atoms with Crippen LogP contribution in [0.3, 0.4) is 0 Å². The fraction of sp³-hybridized carbons (Fsp3) is 0.219. The Labute approximate surface area is 227 Å². The fourth-order valence-electron chi connectivity index (χ4n) is 5.19. The lowest BCUT2D eigenvalue weighted by molar-refractivity contribution is -0.133. The van der Waals surface area contributed by atoms with Crippen molar-refractivity contribution in [1.29, 1.82) is 0 Å². The van der Waals surface area contributed by atoms with E-state index in [1.54, 1.807) is 29.2 Å². The molecule has 1 atom stereocenters. The van der Waals surface area contributed by atoms with Gasteiger partial charge in [0.15, 0.2) is 0 Å². The van der Waals surface area contributed by atoms with Crippen LogP contribution >= 0.6 is 11.6 Å². The molecule has 1 heterocycles. The summed E-state index contributed by atoms with van der Waals surface area (Å²) in [6, 6.07) is 29.5. The van der Waals surface area contributed by atoms with Gasteiger partial charge in [-0.15, -0.1) is 0 Å². The Hall–Kier alpha value is -3.67. The van der Waals surface area contributed by atoms with E-state index < -0.39 is 0 Å². The molecule has 194 valence electrons. The summed E-state index contributed by atoms with van der Waals surface area (Å²) < 4.78 is 14.4. The van der Waals surface area contributed by atoms with Gasteiger partial charge in [-0.1, -0.05) is 84.4 Å². The normalized spacial score (nSPS) is 15.2. The zero-order valence-electron chi connectivity index (χ0n) is 21.1. The summed E-state index contributed by atoms with van der Waals surface area (Å²) >= 11 is 6.66. The zero-order chi connectivity index (χ0) is 26.5. The Bertz CT molecular complexity index is 1410. The molecular weight excluding hydrogens is 499 g/mol. The number of aromatic hydroxyl groups is 1. The predicted octanol–water partition coefficient (Wildman–Crippen LogP) is 6.40. The number of benzene rings is 4. The Morgan fingerprint density at radius 1 is 0.921 bits per heavy atom. The van der Waals surface area contributed by atoms with Crippen molar-refractivity contribution in [1.82, 2.24) is 9.80 Å². The van der Waals surface area contributed by atoms with Gasteiger partial charge in [-0.3, -0.25) is 9.69 Å². The van der Waals surface area contributed by atoms with Crippen LogP contribution in [0.25, 0.3) is 0 Å². The smallest absolute Gasteiger partial charge is 0.237 e. The van der Waals surface area contributed by atoms with Crippen molar-refractivity contribution in [3.05, 3.63) is 136 Å². The van der Waals surface area contributed by atoms with Gasteiger partial charge in [0.25, 0.3) is 0 Å². The van der Waals surface area contributed by atoms with Crippen LogP contribution in [0.15, 0.2) is 97.1 Å². The van der Waals surface area contributed by atoms with E-state index in [4.69, 9.17) is 11.6 Å². The summed E-state index contributed by atoms with van der Waals surface area (Å²) in [5, 5.41) is 10.4. The maximum atomic E-state index is 14.4. The van der Waals surface area contributed by atoms with Gasteiger partial charge in [-0.25, -0.2) is 4.39 Å². The maximum Gasteiger partial charge on any atom is 0.237 e. The molecule has 4 nitrogen and oxygen atoms in total. The SMILES string of the molecule is O=C(CN1CCc2ccccc2C1c1ccccc1Cl)N(CCc1ccccc1F)Cc1ccc(O)cc1. The number of phenols is 1. The molecule has 38 heavy (non-hydrogen) atoms. The Kier molecular flexibility index (Phi) is 8.06. The summed E-state index contributed by atoms with van der Waals surface area (Å²) in [6.07, 6.45) is 1.25. The quantitative estimate of drug-likeness (QED) is 0.287. The molecule has 6 heteroatoms. The molecule has 0 saturated heterocycles. The molecular formula is C32H30ClFN2O2. The second kappa shape index (κ2) is 11.8. The fourth-order valence-corrected chi connectivity index (χ4v) is 5.43. The molecule has 5 rings (SSSR count). The van der Waals surface area contributed by atoms with Gasteiger partial charge in [0.05, 0.1) is 12.6 Å². The summed E-state index contributed by atoms with van der Waals surface area (Å²) in [6.45, 7) is 1.68. The minimum atomic E-state index is -0.268. The van der Waals surface area contributed by atoms with Crippen molar-refractivity contribution >= 4 is 17.5 Å². The lowest BCUT2D eigenvalue weighted by atomic mass is 9.88. The van der Waals surface area contributed by atoms with Crippen molar-refractivity contribution in [3.63, 3.8) is 0 Å². The van der Waals surface area contributed by atoms with E-state index in [2.05, 4.69) is 17.0 Å².